The molecule has 4 heteroatoms. The van der Waals surface area contributed by atoms with Crippen LogP contribution in [0, 0.1) is 5.92 Å². The van der Waals surface area contributed by atoms with Crippen molar-refractivity contribution in [1.29, 1.82) is 0 Å². The molecular formula is C12H23NO2S. The topological polar surface area (TPSA) is 49.3 Å². The summed E-state index contributed by atoms with van der Waals surface area (Å²) in [7, 11) is 0. The molecule has 0 saturated carbocycles. The normalized spacial score (nSPS) is 27.2. The van der Waals surface area contributed by atoms with Gasteiger partial charge in [0.25, 0.3) is 0 Å². The van der Waals surface area contributed by atoms with E-state index in [-0.39, 0.29) is 6.04 Å². The van der Waals surface area contributed by atoms with E-state index in [1.807, 2.05) is 18.7 Å². The van der Waals surface area contributed by atoms with Crippen molar-refractivity contribution in [2.75, 3.05) is 5.75 Å². The predicted molar refractivity (Wildman–Crippen MR) is 69.0 cm³/mol. The molecule has 0 aromatic rings. The highest BCUT2D eigenvalue weighted by Gasteiger charge is 2.30. The number of hydrogen-bond acceptors (Lipinski definition) is 3. The van der Waals surface area contributed by atoms with Crippen molar-refractivity contribution < 1.29 is 9.90 Å². The van der Waals surface area contributed by atoms with Crippen molar-refractivity contribution in [2.24, 2.45) is 5.92 Å². The van der Waals surface area contributed by atoms with Crippen LogP contribution in [0.15, 0.2) is 0 Å². The Morgan fingerprint density at radius 2 is 2.25 bits per heavy atom. The molecule has 0 spiro atoms. The van der Waals surface area contributed by atoms with Crippen molar-refractivity contribution in [3.63, 3.8) is 0 Å². The third kappa shape index (κ3) is 3.98. The minimum Gasteiger partial charge on any atom is -0.480 e. The Hall–Kier alpha value is -0.220. The molecule has 3 unspecified atom stereocenters. The molecule has 1 aliphatic heterocycles. The van der Waals surface area contributed by atoms with E-state index in [4.69, 9.17) is 5.11 Å². The number of rotatable bonds is 6. The van der Waals surface area contributed by atoms with Crippen LogP contribution < -0.4 is 5.32 Å². The van der Waals surface area contributed by atoms with Crippen LogP contribution in [0.3, 0.4) is 0 Å². The monoisotopic (exact) mass is 245 g/mol. The van der Waals surface area contributed by atoms with Crippen LogP contribution in [0.1, 0.15) is 40.0 Å². The molecule has 0 aliphatic carbocycles. The molecule has 2 N–H and O–H groups in total. The van der Waals surface area contributed by atoms with Crippen molar-refractivity contribution in [1.82, 2.24) is 5.32 Å². The third-order valence-corrected chi connectivity index (χ3v) is 4.84. The fourth-order valence-corrected chi connectivity index (χ4v) is 3.55. The maximum atomic E-state index is 11.0. The highest BCUT2D eigenvalue weighted by Crippen LogP contribution is 2.32. The zero-order valence-electron chi connectivity index (χ0n) is 10.4. The van der Waals surface area contributed by atoms with Gasteiger partial charge in [0, 0.05) is 17.0 Å². The van der Waals surface area contributed by atoms with E-state index in [0.29, 0.717) is 17.2 Å². The van der Waals surface area contributed by atoms with Gasteiger partial charge in [0.2, 0.25) is 0 Å². The van der Waals surface area contributed by atoms with E-state index in [1.54, 1.807) is 0 Å². The van der Waals surface area contributed by atoms with Gasteiger partial charge in [0.1, 0.15) is 6.04 Å². The van der Waals surface area contributed by atoms with E-state index in [2.05, 4.69) is 19.2 Å². The number of carboxylic acid groups (broad SMARTS) is 1. The van der Waals surface area contributed by atoms with Gasteiger partial charge in [-0.05, 0) is 18.8 Å². The summed E-state index contributed by atoms with van der Waals surface area (Å²) in [6.07, 6.45) is 2.75. The molecule has 1 fully saturated rings. The minimum atomic E-state index is -0.708. The molecule has 1 heterocycles. The zero-order chi connectivity index (χ0) is 12.1. The zero-order valence-corrected chi connectivity index (χ0v) is 11.2. The fourth-order valence-electron chi connectivity index (χ4n) is 2.09. The summed E-state index contributed by atoms with van der Waals surface area (Å²) in [5.74, 6) is 1.03. The Labute approximate surface area is 102 Å². The third-order valence-electron chi connectivity index (χ3n) is 3.08. The van der Waals surface area contributed by atoms with Gasteiger partial charge in [0.05, 0.1) is 0 Å². The number of carbonyl (C=O) groups is 1. The summed E-state index contributed by atoms with van der Waals surface area (Å²) >= 11 is 1.97. The second-order valence-corrected chi connectivity index (χ2v) is 6.17. The lowest BCUT2D eigenvalue weighted by Crippen LogP contribution is -2.43. The molecule has 1 aliphatic rings. The van der Waals surface area contributed by atoms with Gasteiger partial charge in [-0.2, -0.15) is 11.8 Å². The molecule has 0 amide bonds. The first-order chi connectivity index (χ1) is 7.54. The van der Waals surface area contributed by atoms with Crippen molar-refractivity contribution in [2.45, 2.75) is 57.4 Å². The Bertz CT molecular complexity index is 233. The van der Waals surface area contributed by atoms with Crippen LogP contribution in [0.5, 0.6) is 0 Å². The number of hydrogen-bond donors (Lipinski definition) is 2. The highest BCUT2D eigenvalue weighted by atomic mass is 32.2. The second-order valence-electron chi connectivity index (χ2n) is 4.89. The van der Waals surface area contributed by atoms with Crippen LogP contribution in [0.25, 0.3) is 0 Å². The summed E-state index contributed by atoms with van der Waals surface area (Å²) in [6, 6.07) is 0.0200. The summed E-state index contributed by atoms with van der Waals surface area (Å²) < 4.78 is 0. The Balaban J connectivity index is 2.39. The summed E-state index contributed by atoms with van der Waals surface area (Å²) in [4.78, 5) is 11.0. The number of aliphatic carboxylic acids is 1. The lowest BCUT2D eigenvalue weighted by Gasteiger charge is -2.19. The Morgan fingerprint density at radius 1 is 1.56 bits per heavy atom. The molecular weight excluding hydrogens is 222 g/mol. The van der Waals surface area contributed by atoms with E-state index in [0.717, 1.165) is 25.0 Å². The molecule has 0 bridgehead atoms. The maximum Gasteiger partial charge on any atom is 0.320 e. The van der Waals surface area contributed by atoms with Crippen molar-refractivity contribution >= 4 is 17.7 Å². The number of carboxylic acids is 1. The smallest absolute Gasteiger partial charge is 0.320 e. The first-order valence-corrected chi connectivity index (χ1v) is 7.20. The molecule has 0 aromatic carbocycles. The standard InChI is InChI=1S/C12H23NO2S/c1-4-5-10(12(14)15)13-9-6-11(8(2)3)16-7-9/h8-11,13H,4-7H2,1-3H3,(H,14,15). The molecule has 1 rings (SSSR count). The molecule has 3 nitrogen and oxygen atoms in total. The summed E-state index contributed by atoms with van der Waals surface area (Å²) in [5.41, 5.74) is 0. The number of nitrogens with one attached hydrogen (secondary N) is 1. The van der Waals surface area contributed by atoms with E-state index in [9.17, 15) is 4.79 Å². The predicted octanol–water partition coefficient (Wildman–Crippen LogP) is 2.36. The minimum absolute atomic E-state index is 0.360. The Kier molecular flexibility index (Phi) is 5.62. The van der Waals surface area contributed by atoms with E-state index >= 15 is 0 Å². The van der Waals surface area contributed by atoms with Crippen LogP contribution in [0.4, 0.5) is 0 Å². The SMILES string of the molecule is CCCC(NC1CSC(C(C)C)C1)C(=O)O. The number of thioether (sulfide) groups is 1. The van der Waals surface area contributed by atoms with Crippen molar-refractivity contribution in [3.8, 4) is 0 Å². The van der Waals surface area contributed by atoms with E-state index < -0.39 is 5.97 Å². The van der Waals surface area contributed by atoms with Crippen LogP contribution in [-0.4, -0.2) is 34.2 Å². The van der Waals surface area contributed by atoms with E-state index in [1.165, 1.54) is 0 Å². The van der Waals surface area contributed by atoms with Gasteiger partial charge in [-0.15, -0.1) is 0 Å². The van der Waals surface area contributed by atoms with Gasteiger partial charge in [-0.1, -0.05) is 27.2 Å². The first kappa shape index (κ1) is 13.8. The van der Waals surface area contributed by atoms with Gasteiger partial charge < -0.3 is 10.4 Å². The van der Waals surface area contributed by atoms with Gasteiger partial charge in [-0.25, -0.2) is 0 Å². The lowest BCUT2D eigenvalue weighted by molar-refractivity contribution is -0.139. The average molecular weight is 245 g/mol. The van der Waals surface area contributed by atoms with Gasteiger partial charge in [-0.3, -0.25) is 4.79 Å². The first-order valence-electron chi connectivity index (χ1n) is 6.15. The average Bonchev–Trinajstić information content (AvgIpc) is 2.65. The summed E-state index contributed by atoms with van der Waals surface area (Å²) in [5, 5.41) is 13.0. The van der Waals surface area contributed by atoms with Gasteiger partial charge in [0.15, 0.2) is 0 Å². The molecule has 16 heavy (non-hydrogen) atoms. The van der Waals surface area contributed by atoms with Gasteiger partial charge >= 0.3 is 5.97 Å². The molecule has 1 saturated heterocycles. The fraction of sp³-hybridized carbons (Fsp3) is 0.917. The van der Waals surface area contributed by atoms with Crippen LogP contribution in [0.2, 0.25) is 0 Å². The van der Waals surface area contributed by atoms with Crippen molar-refractivity contribution in [3.05, 3.63) is 0 Å². The largest absolute Gasteiger partial charge is 0.480 e. The molecule has 0 radical (unpaired) electrons. The second kappa shape index (κ2) is 6.50. The molecule has 94 valence electrons. The maximum absolute atomic E-state index is 11.0. The van der Waals surface area contributed by atoms with Crippen LogP contribution >= 0.6 is 11.8 Å². The molecule has 0 aromatic heterocycles. The highest BCUT2D eigenvalue weighted by molar-refractivity contribution is 8.00. The molecule has 3 atom stereocenters. The lowest BCUT2D eigenvalue weighted by atomic mass is 10.0. The summed E-state index contributed by atoms with van der Waals surface area (Å²) in [6.45, 7) is 6.50. The van der Waals surface area contributed by atoms with Crippen LogP contribution in [-0.2, 0) is 4.79 Å². The quantitative estimate of drug-likeness (QED) is 0.754. The Morgan fingerprint density at radius 3 is 2.69 bits per heavy atom.